The molecule has 0 unspecified atom stereocenters. The maximum Gasteiger partial charge on any atom is 0.276 e. The topological polar surface area (TPSA) is 80.6 Å². The summed E-state index contributed by atoms with van der Waals surface area (Å²) in [4.78, 5) is 23.6. The number of halogens is 1. The van der Waals surface area contributed by atoms with Gasteiger partial charge in [0.15, 0.2) is 6.61 Å². The van der Waals surface area contributed by atoms with Gasteiger partial charge in [0.2, 0.25) is 0 Å². The number of aryl methyl sites for hydroxylation is 1. The highest BCUT2D eigenvalue weighted by Crippen LogP contribution is 2.32. The molecule has 0 bridgehead atoms. The van der Waals surface area contributed by atoms with E-state index in [1.165, 1.54) is 12.2 Å². The number of amides is 2. The molecular formula is C20H17BrN2O4. The number of rotatable bonds is 5. The van der Waals surface area contributed by atoms with Crippen LogP contribution in [0.2, 0.25) is 0 Å². The zero-order valence-corrected chi connectivity index (χ0v) is 16.1. The van der Waals surface area contributed by atoms with Crippen LogP contribution in [0.4, 0.5) is 0 Å². The van der Waals surface area contributed by atoms with E-state index in [0.29, 0.717) is 11.5 Å². The van der Waals surface area contributed by atoms with Crippen molar-refractivity contribution in [1.82, 2.24) is 10.9 Å². The summed E-state index contributed by atoms with van der Waals surface area (Å²) < 4.78 is 11.6. The normalized spacial score (nSPS) is 10.9. The van der Waals surface area contributed by atoms with E-state index in [0.717, 1.165) is 21.0 Å². The van der Waals surface area contributed by atoms with Crippen LogP contribution in [-0.4, -0.2) is 18.4 Å². The molecule has 3 rings (SSSR count). The van der Waals surface area contributed by atoms with E-state index >= 15 is 0 Å². The summed E-state index contributed by atoms with van der Waals surface area (Å²) in [5.41, 5.74) is 4.57. The molecule has 1 heterocycles. The first kappa shape index (κ1) is 18.7. The minimum absolute atomic E-state index is 0.238. The predicted molar refractivity (Wildman–Crippen MR) is 106 cm³/mol. The average molecular weight is 429 g/mol. The molecule has 27 heavy (non-hydrogen) atoms. The van der Waals surface area contributed by atoms with Gasteiger partial charge in [-0.25, -0.2) is 0 Å². The molecular weight excluding hydrogens is 412 g/mol. The third kappa shape index (κ3) is 4.98. The quantitative estimate of drug-likeness (QED) is 0.479. The highest BCUT2D eigenvalue weighted by molar-refractivity contribution is 9.10. The smallest absolute Gasteiger partial charge is 0.276 e. The zero-order valence-electron chi connectivity index (χ0n) is 14.5. The molecule has 0 fully saturated rings. The molecule has 0 saturated carbocycles. The van der Waals surface area contributed by atoms with Gasteiger partial charge in [0.05, 0.1) is 4.47 Å². The molecule has 138 valence electrons. The summed E-state index contributed by atoms with van der Waals surface area (Å²) in [5, 5.41) is 2.05. The summed E-state index contributed by atoms with van der Waals surface area (Å²) in [6.07, 6.45) is 2.77. The lowest BCUT2D eigenvalue weighted by Crippen LogP contribution is -2.43. The zero-order chi connectivity index (χ0) is 19.2. The Morgan fingerprint density at radius 3 is 2.70 bits per heavy atom. The van der Waals surface area contributed by atoms with Crippen LogP contribution in [0.1, 0.15) is 11.5 Å². The van der Waals surface area contributed by atoms with Gasteiger partial charge in [-0.3, -0.25) is 20.4 Å². The minimum Gasteiger partial charge on any atom is -0.483 e. The third-order valence-corrected chi connectivity index (χ3v) is 4.49. The van der Waals surface area contributed by atoms with E-state index in [4.69, 9.17) is 9.15 Å². The van der Waals surface area contributed by atoms with Gasteiger partial charge in [-0.15, -0.1) is 0 Å². The van der Waals surface area contributed by atoms with Crippen LogP contribution < -0.4 is 15.6 Å². The molecule has 3 aromatic rings. The highest BCUT2D eigenvalue weighted by Gasteiger charge is 2.09. The Bertz CT molecular complexity index is 1010. The number of ether oxygens (including phenoxy) is 1. The van der Waals surface area contributed by atoms with Crippen molar-refractivity contribution in [2.24, 2.45) is 0 Å². The predicted octanol–water partition coefficient (Wildman–Crippen LogP) is 3.74. The first-order valence-electron chi connectivity index (χ1n) is 8.16. The van der Waals surface area contributed by atoms with Crippen molar-refractivity contribution in [3.05, 3.63) is 70.6 Å². The number of hydrogen-bond acceptors (Lipinski definition) is 4. The summed E-state index contributed by atoms with van der Waals surface area (Å²) in [6.45, 7) is 1.57. The van der Waals surface area contributed by atoms with Gasteiger partial charge in [-0.2, -0.15) is 0 Å². The molecule has 0 atom stereocenters. The Labute approximate surface area is 164 Å². The van der Waals surface area contributed by atoms with Crippen LogP contribution in [0.25, 0.3) is 16.8 Å². The van der Waals surface area contributed by atoms with Crippen molar-refractivity contribution in [3.8, 4) is 5.75 Å². The van der Waals surface area contributed by atoms with Crippen LogP contribution in [0, 0.1) is 6.92 Å². The Morgan fingerprint density at radius 1 is 1.11 bits per heavy atom. The Morgan fingerprint density at radius 2 is 1.93 bits per heavy atom. The molecule has 6 nitrogen and oxygen atoms in total. The molecule has 0 spiro atoms. The van der Waals surface area contributed by atoms with Crippen LogP contribution in [0.3, 0.4) is 0 Å². The molecule has 2 N–H and O–H groups in total. The second-order valence-electron chi connectivity index (χ2n) is 5.71. The fraction of sp³-hybridized carbons (Fsp3) is 0.100. The van der Waals surface area contributed by atoms with Gasteiger partial charge in [0.25, 0.3) is 11.8 Å². The van der Waals surface area contributed by atoms with Crippen molar-refractivity contribution in [2.75, 3.05) is 6.61 Å². The molecule has 1 aromatic heterocycles. The van der Waals surface area contributed by atoms with E-state index in [2.05, 4.69) is 26.8 Å². The third-order valence-electron chi connectivity index (χ3n) is 3.67. The van der Waals surface area contributed by atoms with Gasteiger partial charge in [0.1, 0.15) is 17.3 Å². The molecule has 0 saturated heterocycles. The van der Waals surface area contributed by atoms with Crippen LogP contribution in [0.5, 0.6) is 5.75 Å². The number of hydrazine groups is 1. The average Bonchev–Trinajstić information content (AvgIpc) is 3.09. The molecule has 7 heteroatoms. The summed E-state index contributed by atoms with van der Waals surface area (Å²) >= 11 is 3.49. The highest BCUT2D eigenvalue weighted by atomic mass is 79.9. The lowest BCUT2D eigenvalue weighted by atomic mass is 10.1. The van der Waals surface area contributed by atoms with Crippen molar-refractivity contribution in [1.29, 1.82) is 0 Å². The van der Waals surface area contributed by atoms with Gasteiger partial charge < -0.3 is 9.15 Å². The molecule has 0 aliphatic carbocycles. The van der Waals surface area contributed by atoms with E-state index in [-0.39, 0.29) is 6.61 Å². The number of nitrogens with one attached hydrogen (secondary N) is 2. The van der Waals surface area contributed by atoms with Crippen molar-refractivity contribution in [3.63, 3.8) is 0 Å². The lowest BCUT2D eigenvalue weighted by Gasteiger charge is -2.10. The molecule has 2 aromatic carbocycles. The van der Waals surface area contributed by atoms with Gasteiger partial charge >= 0.3 is 0 Å². The number of hydrogen-bond donors (Lipinski definition) is 2. The standard InChI is InChI=1S/C20H17BrN2O4/c1-13-6-8-15(27-13)9-11-18(24)22-23-19(25)12-26-17-10-7-14-4-2-3-5-16(14)20(17)21/h2-11H,12H2,1H3,(H,22,24)(H,23,25). The molecule has 2 amide bonds. The number of fused-ring (bicyclic) bond motifs is 1. The largest absolute Gasteiger partial charge is 0.483 e. The first-order chi connectivity index (χ1) is 13.0. The minimum atomic E-state index is -0.482. The SMILES string of the molecule is Cc1ccc(C=CC(=O)NNC(=O)COc2ccc3ccccc3c2Br)o1. The monoisotopic (exact) mass is 428 g/mol. The summed E-state index contributed by atoms with van der Waals surface area (Å²) in [6, 6.07) is 15.1. The van der Waals surface area contributed by atoms with Crippen LogP contribution in [-0.2, 0) is 9.59 Å². The number of carbonyl (C=O) groups excluding carboxylic acids is 2. The number of furan rings is 1. The van der Waals surface area contributed by atoms with Gasteiger partial charge in [0, 0.05) is 6.08 Å². The first-order valence-corrected chi connectivity index (χ1v) is 8.95. The lowest BCUT2D eigenvalue weighted by molar-refractivity contribution is -0.128. The maximum absolute atomic E-state index is 11.9. The van der Waals surface area contributed by atoms with Crippen LogP contribution in [0.15, 0.2) is 63.5 Å². The van der Waals surface area contributed by atoms with Gasteiger partial charge in [-0.05, 0) is 57.9 Å². The fourth-order valence-corrected chi connectivity index (χ4v) is 2.99. The van der Waals surface area contributed by atoms with E-state index in [1.807, 2.05) is 37.3 Å². The maximum atomic E-state index is 11.9. The Balaban J connectivity index is 1.49. The molecule has 0 radical (unpaired) electrons. The van der Waals surface area contributed by atoms with E-state index in [9.17, 15) is 9.59 Å². The van der Waals surface area contributed by atoms with E-state index in [1.54, 1.807) is 18.2 Å². The van der Waals surface area contributed by atoms with E-state index < -0.39 is 11.8 Å². The Kier molecular flexibility index (Phi) is 5.93. The van der Waals surface area contributed by atoms with Gasteiger partial charge in [-0.1, -0.05) is 30.3 Å². The second-order valence-corrected chi connectivity index (χ2v) is 6.50. The fourth-order valence-electron chi connectivity index (χ4n) is 2.38. The summed E-state index contributed by atoms with van der Waals surface area (Å²) in [7, 11) is 0. The second kappa shape index (κ2) is 8.55. The van der Waals surface area contributed by atoms with Crippen molar-refractivity contribution >= 4 is 44.6 Å². The molecule has 0 aliphatic rings. The van der Waals surface area contributed by atoms with Crippen molar-refractivity contribution < 1.29 is 18.7 Å². The summed E-state index contributed by atoms with van der Waals surface area (Å²) in [5.74, 6) is 0.886. The number of benzene rings is 2. The van der Waals surface area contributed by atoms with Crippen LogP contribution >= 0.6 is 15.9 Å². The molecule has 0 aliphatic heterocycles. The number of carbonyl (C=O) groups is 2. The Hall–Kier alpha value is -3.06. The van der Waals surface area contributed by atoms with Crippen molar-refractivity contribution in [2.45, 2.75) is 6.92 Å².